The van der Waals surface area contributed by atoms with Crippen LogP contribution in [0, 0.1) is 11.6 Å². The van der Waals surface area contributed by atoms with Crippen LogP contribution in [-0.2, 0) is 22.3 Å². The van der Waals surface area contributed by atoms with Gasteiger partial charge in [0.1, 0.15) is 23.4 Å². The van der Waals surface area contributed by atoms with Crippen molar-refractivity contribution in [3.05, 3.63) is 88.0 Å². The molecule has 1 saturated carbocycles. The monoisotopic (exact) mass is 593 g/mol. The van der Waals surface area contributed by atoms with Gasteiger partial charge in [-0.25, -0.2) is 23.8 Å². The van der Waals surface area contributed by atoms with Gasteiger partial charge in [0.15, 0.2) is 11.6 Å². The van der Waals surface area contributed by atoms with Crippen molar-refractivity contribution < 1.29 is 36.6 Å². The van der Waals surface area contributed by atoms with Gasteiger partial charge in [0, 0.05) is 23.2 Å². The first kappa shape index (κ1) is 28.4. The Hall–Kier alpha value is -4.10. The predicted molar refractivity (Wildman–Crippen MR) is 137 cm³/mol. The molecule has 0 saturated heterocycles. The molecule has 1 fully saturated rings. The number of likely N-dealkylation sites (N-methyl/N-ethyl adjacent to an activating group) is 1. The highest BCUT2D eigenvalue weighted by molar-refractivity contribution is 6.31. The fraction of sp³-hybridized carbons (Fsp3) is 0.259. The molecule has 41 heavy (non-hydrogen) atoms. The summed E-state index contributed by atoms with van der Waals surface area (Å²) in [5.41, 5.74) is -3.42. The lowest BCUT2D eigenvalue weighted by Crippen LogP contribution is -2.65. The number of anilines is 1. The normalized spacial score (nSPS) is 17.1. The Morgan fingerprint density at radius 1 is 1.15 bits per heavy atom. The number of alkyl halides is 3. The van der Waals surface area contributed by atoms with Crippen molar-refractivity contribution in [1.82, 2.24) is 20.0 Å². The Balaban J connectivity index is 1.53. The molecule has 8 nitrogen and oxygen atoms in total. The predicted octanol–water partition coefficient (Wildman–Crippen LogP) is 5.66. The number of aliphatic hydroxyl groups is 1. The first-order chi connectivity index (χ1) is 19.3. The van der Waals surface area contributed by atoms with Crippen LogP contribution in [-0.4, -0.2) is 49.5 Å². The van der Waals surface area contributed by atoms with Gasteiger partial charge in [-0.3, -0.25) is 14.6 Å². The Morgan fingerprint density at radius 2 is 1.88 bits per heavy atom. The average Bonchev–Trinajstić information content (AvgIpc) is 2.89. The van der Waals surface area contributed by atoms with Gasteiger partial charge in [-0.1, -0.05) is 23.7 Å². The number of carbonyl (C=O) groups excluding carboxylic acids is 2. The van der Waals surface area contributed by atoms with E-state index in [9.17, 15) is 36.6 Å². The number of hydrogen-bond acceptors (Lipinski definition) is 6. The van der Waals surface area contributed by atoms with Crippen LogP contribution in [0.15, 0.2) is 60.1 Å². The van der Waals surface area contributed by atoms with Gasteiger partial charge in [0.25, 0.3) is 11.8 Å². The van der Waals surface area contributed by atoms with E-state index >= 15 is 0 Å². The largest absolute Gasteiger partial charge is 0.509 e. The first-order valence-electron chi connectivity index (χ1n) is 12.3. The molecule has 1 aliphatic heterocycles. The maximum absolute atomic E-state index is 14.5. The van der Waals surface area contributed by atoms with E-state index in [1.165, 1.54) is 42.4 Å². The second-order valence-electron chi connectivity index (χ2n) is 9.64. The van der Waals surface area contributed by atoms with Gasteiger partial charge >= 0.3 is 6.18 Å². The minimum Gasteiger partial charge on any atom is -0.509 e. The van der Waals surface area contributed by atoms with Crippen LogP contribution in [0.25, 0.3) is 11.3 Å². The zero-order valence-corrected chi connectivity index (χ0v) is 22.0. The molecule has 0 radical (unpaired) electrons. The Bertz CT molecular complexity index is 1590. The third-order valence-electron chi connectivity index (χ3n) is 7.33. The Labute approximate surface area is 235 Å². The van der Waals surface area contributed by atoms with Crippen molar-refractivity contribution in [1.29, 1.82) is 0 Å². The number of benzene rings is 2. The highest BCUT2D eigenvalue weighted by Crippen LogP contribution is 2.47. The Morgan fingerprint density at radius 3 is 2.54 bits per heavy atom. The maximum Gasteiger partial charge on any atom is 0.433 e. The molecule has 0 unspecified atom stereocenters. The summed E-state index contributed by atoms with van der Waals surface area (Å²) in [5.74, 6) is -4.82. The minimum atomic E-state index is -4.77. The minimum absolute atomic E-state index is 0.00346. The zero-order chi connectivity index (χ0) is 29.7. The summed E-state index contributed by atoms with van der Waals surface area (Å²) >= 11 is 6.08. The molecule has 5 rings (SSSR count). The van der Waals surface area contributed by atoms with Crippen LogP contribution in [0.3, 0.4) is 0 Å². The number of rotatable bonds is 5. The first-order valence-corrected chi connectivity index (χ1v) is 12.6. The summed E-state index contributed by atoms with van der Waals surface area (Å²) in [5, 5.41) is 16.3. The molecule has 0 bridgehead atoms. The molecule has 14 heteroatoms. The molecule has 2 N–H and O–H groups in total. The number of nitrogens with one attached hydrogen (secondary N) is 1. The van der Waals surface area contributed by atoms with Crippen LogP contribution >= 0.6 is 11.6 Å². The van der Waals surface area contributed by atoms with Crippen LogP contribution < -0.4 is 5.32 Å². The van der Waals surface area contributed by atoms with E-state index in [1.807, 2.05) is 0 Å². The van der Waals surface area contributed by atoms with Crippen LogP contribution in [0.1, 0.15) is 30.5 Å². The molecule has 3 aromatic rings. The van der Waals surface area contributed by atoms with Gasteiger partial charge in [0.2, 0.25) is 0 Å². The smallest absolute Gasteiger partial charge is 0.433 e. The summed E-state index contributed by atoms with van der Waals surface area (Å²) in [6.45, 7) is -0.432. The number of hydrogen-bond donors (Lipinski definition) is 2. The van der Waals surface area contributed by atoms with Crippen molar-refractivity contribution in [2.45, 2.75) is 37.5 Å². The second kappa shape index (κ2) is 10.4. The maximum atomic E-state index is 14.5. The van der Waals surface area contributed by atoms with E-state index in [-0.39, 0.29) is 27.5 Å². The molecule has 2 heterocycles. The van der Waals surface area contributed by atoms with Gasteiger partial charge < -0.3 is 10.4 Å². The van der Waals surface area contributed by atoms with Crippen LogP contribution in [0.4, 0.5) is 27.6 Å². The highest BCUT2D eigenvalue weighted by atomic mass is 35.5. The fourth-order valence-corrected chi connectivity index (χ4v) is 5.12. The third-order valence-corrected chi connectivity index (χ3v) is 7.57. The molecule has 2 amide bonds. The summed E-state index contributed by atoms with van der Waals surface area (Å²) < 4.78 is 68.2. The van der Waals surface area contributed by atoms with Gasteiger partial charge in [-0.05, 0) is 49.6 Å². The number of aliphatic hydroxyl groups excluding tert-OH is 1. The molecule has 2 aliphatic rings. The summed E-state index contributed by atoms with van der Waals surface area (Å²) in [6, 6.07) is 8.12. The quantitative estimate of drug-likeness (QED) is 0.293. The molecular formula is C27H21ClF5N5O3. The zero-order valence-electron chi connectivity index (χ0n) is 21.3. The third kappa shape index (κ3) is 4.99. The van der Waals surface area contributed by atoms with Gasteiger partial charge in [-0.15, -0.1) is 0 Å². The van der Waals surface area contributed by atoms with E-state index < -0.39 is 58.7 Å². The van der Waals surface area contributed by atoms with Crippen LogP contribution in [0.2, 0.25) is 5.02 Å². The van der Waals surface area contributed by atoms with Crippen molar-refractivity contribution in [3.63, 3.8) is 0 Å². The van der Waals surface area contributed by atoms with Gasteiger partial charge in [-0.2, -0.15) is 13.2 Å². The molecular weight excluding hydrogens is 573 g/mol. The van der Waals surface area contributed by atoms with E-state index in [4.69, 9.17) is 11.6 Å². The second-order valence-corrected chi connectivity index (χ2v) is 10.1. The number of halogens is 6. The summed E-state index contributed by atoms with van der Waals surface area (Å²) in [6.07, 6.45) is -2.65. The highest BCUT2D eigenvalue weighted by Gasteiger charge is 2.54. The fourth-order valence-electron chi connectivity index (χ4n) is 4.95. The van der Waals surface area contributed by atoms with Crippen molar-refractivity contribution in [2.24, 2.45) is 0 Å². The lowest BCUT2D eigenvalue weighted by molar-refractivity contribution is -0.172. The van der Waals surface area contributed by atoms with E-state index in [0.717, 1.165) is 11.1 Å². The lowest BCUT2D eigenvalue weighted by Gasteiger charge is -2.54. The number of carbonyl (C=O) groups is 2. The molecule has 0 atom stereocenters. The van der Waals surface area contributed by atoms with Crippen molar-refractivity contribution >= 4 is 29.1 Å². The topological polar surface area (TPSA) is 98.7 Å². The standard InChI is InChI=1S/C27H21ClF5N5O3/c1-37-26(8-3-9-26)23(39)21(25(41)38(37)12-14-4-2-5-17(29)22(14)30)24(40)36-18-7-6-15(28)10-16(18)19-11-20(27(31,32)33)35-13-34-19/h2,4-7,10-11,13,39H,3,8-9,12H2,1H3,(H,36,40). The number of aromatic nitrogens is 2. The van der Waals surface area contributed by atoms with Crippen molar-refractivity contribution in [2.75, 3.05) is 12.4 Å². The number of nitrogens with zero attached hydrogens (tertiary/aromatic N) is 4. The van der Waals surface area contributed by atoms with Crippen LogP contribution in [0.5, 0.6) is 0 Å². The SMILES string of the molecule is CN1N(Cc2cccc(F)c2F)C(=O)C(C(=O)Nc2ccc(Cl)cc2-c2cc(C(F)(F)F)ncn2)=C(O)C12CCC2. The molecule has 1 aliphatic carbocycles. The molecule has 214 valence electrons. The molecule has 1 spiro atoms. The van der Waals surface area contributed by atoms with E-state index in [0.29, 0.717) is 31.7 Å². The summed E-state index contributed by atoms with van der Waals surface area (Å²) in [7, 11) is 1.50. The average molecular weight is 594 g/mol. The Kier molecular flexibility index (Phi) is 7.20. The number of amides is 2. The van der Waals surface area contributed by atoms with Crippen molar-refractivity contribution in [3.8, 4) is 11.3 Å². The number of hydrazine groups is 1. The van der Waals surface area contributed by atoms with E-state index in [1.54, 1.807) is 0 Å². The summed E-state index contributed by atoms with van der Waals surface area (Å²) in [4.78, 5) is 34.3. The van der Waals surface area contributed by atoms with Gasteiger partial charge in [0.05, 0.1) is 23.5 Å². The van der Waals surface area contributed by atoms with E-state index in [2.05, 4.69) is 15.3 Å². The molecule has 1 aromatic heterocycles. The lowest BCUT2D eigenvalue weighted by atomic mass is 9.72. The molecule has 2 aromatic carbocycles.